The van der Waals surface area contributed by atoms with E-state index in [0.717, 1.165) is 5.56 Å². The second kappa shape index (κ2) is 10.6. The SMILES string of the molecule is COc1ccc(/C=N/NS(=O)(=O)c2ccc(C(C)(C)C)cc2)cc1COc1ccccc1C(N)=O. The highest BCUT2D eigenvalue weighted by Gasteiger charge is 2.17. The molecule has 0 heterocycles. The standard InChI is InChI=1S/C26H29N3O5S/c1-26(2,3)20-10-12-21(13-11-20)35(31,32)29-28-16-18-9-14-23(33-4)19(15-18)17-34-24-8-6-5-7-22(24)25(27)30/h5-16,29H,17H2,1-4H3,(H2,27,30)/b28-16+. The van der Waals surface area contributed by atoms with Gasteiger partial charge >= 0.3 is 0 Å². The fraction of sp³-hybridized carbons (Fsp3) is 0.231. The molecule has 0 fully saturated rings. The van der Waals surface area contributed by atoms with E-state index in [1.54, 1.807) is 66.7 Å². The molecule has 3 aromatic rings. The summed E-state index contributed by atoms with van der Waals surface area (Å²) >= 11 is 0. The average molecular weight is 496 g/mol. The zero-order chi connectivity index (χ0) is 25.6. The van der Waals surface area contributed by atoms with Crippen LogP contribution in [0.2, 0.25) is 0 Å². The van der Waals surface area contributed by atoms with Crippen LogP contribution in [-0.4, -0.2) is 27.6 Å². The predicted octanol–water partition coefficient (Wildman–Crippen LogP) is 3.98. The summed E-state index contributed by atoms with van der Waals surface area (Å²) in [4.78, 5) is 14.0. The van der Waals surface area contributed by atoms with Gasteiger partial charge in [-0.3, -0.25) is 4.79 Å². The number of rotatable bonds is 9. The first kappa shape index (κ1) is 25.8. The van der Waals surface area contributed by atoms with Crippen molar-refractivity contribution in [2.75, 3.05) is 7.11 Å². The summed E-state index contributed by atoms with van der Waals surface area (Å²) < 4.78 is 36.4. The van der Waals surface area contributed by atoms with E-state index in [1.807, 2.05) is 0 Å². The van der Waals surface area contributed by atoms with Crippen LogP contribution in [-0.2, 0) is 22.0 Å². The molecule has 0 aliphatic rings. The molecule has 9 heteroatoms. The van der Waals surface area contributed by atoms with Crippen molar-refractivity contribution in [3.05, 3.63) is 89.0 Å². The van der Waals surface area contributed by atoms with Crippen LogP contribution in [0.25, 0.3) is 0 Å². The van der Waals surface area contributed by atoms with Crippen molar-refractivity contribution < 1.29 is 22.7 Å². The third-order valence-corrected chi connectivity index (χ3v) is 6.50. The molecule has 3 rings (SSSR count). The number of carbonyl (C=O) groups excluding carboxylic acids is 1. The van der Waals surface area contributed by atoms with Gasteiger partial charge in [-0.05, 0) is 59.0 Å². The fourth-order valence-corrected chi connectivity index (χ4v) is 4.09. The van der Waals surface area contributed by atoms with Crippen LogP contribution in [0.3, 0.4) is 0 Å². The summed E-state index contributed by atoms with van der Waals surface area (Å²) in [6, 6.07) is 18.6. The number of nitrogens with two attached hydrogens (primary N) is 1. The Hall–Kier alpha value is -3.85. The number of para-hydroxylation sites is 1. The summed E-state index contributed by atoms with van der Waals surface area (Å²) in [5, 5.41) is 3.91. The van der Waals surface area contributed by atoms with E-state index in [9.17, 15) is 13.2 Å². The van der Waals surface area contributed by atoms with Gasteiger partial charge in [0.15, 0.2) is 0 Å². The van der Waals surface area contributed by atoms with E-state index >= 15 is 0 Å². The van der Waals surface area contributed by atoms with Crippen molar-refractivity contribution in [1.82, 2.24) is 4.83 Å². The number of nitrogens with zero attached hydrogens (tertiary/aromatic N) is 1. The molecule has 0 radical (unpaired) electrons. The third-order valence-electron chi connectivity index (χ3n) is 5.26. The molecule has 0 bridgehead atoms. The Labute approximate surface area is 205 Å². The Kier molecular flexibility index (Phi) is 7.81. The number of primary amides is 1. The first-order chi connectivity index (χ1) is 16.5. The van der Waals surface area contributed by atoms with Crippen molar-refractivity contribution in [2.45, 2.75) is 37.7 Å². The molecule has 3 aromatic carbocycles. The van der Waals surface area contributed by atoms with Gasteiger partial charge in [0, 0.05) is 5.56 Å². The maximum Gasteiger partial charge on any atom is 0.276 e. The lowest BCUT2D eigenvalue weighted by Gasteiger charge is -2.19. The quantitative estimate of drug-likeness (QED) is 0.344. The number of methoxy groups -OCH3 is 1. The van der Waals surface area contributed by atoms with E-state index < -0.39 is 15.9 Å². The normalized spacial score (nSPS) is 11.9. The Morgan fingerprint density at radius 2 is 1.71 bits per heavy atom. The molecule has 0 saturated carbocycles. The van der Waals surface area contributed by atoms with Gasteiger partial charge in [-0.1, -0.05) is 45.0 Å². The maximum atomic E-state index is 12.6. The minimum Gasteiger partial charge on any atom is -0.496 e. The highest BCUT2D eigenvalue weighted by Crippen LogP contribution is 2.25. The predicted molar refractivity (Wildman–Crippen MR) is 135 cm³/mol. The maximum absolute atomic E-state index is 12.6. The largest absolute Gasteiger partial charge is 0.496 e. The second-order valence-electron chi connectivity index (χ2n) is 8.85. The molecule has 0 saturated heterocycles. The molecule has 8 nitrogen and oxygen atoms in total. The van der Waals surface area contributed by atoms with Crippen molar-refractivity contribution >= 4 is 22.1 Å². The van der Waals surface area contributed by atoms with Crippen LogP contribution in [0.4, 0.5) is 0 Å². The number of carbonyl (C=O) groups is 1. The fourth-order valence-electron chi connectivity index (χ4n) is 3.30. The minimum absolute atomic E-state index is 0.0778. The molecule has 3 N–H and O–H groups in total. The third kappa shape index (κ3) is 6.60. The molecule has 0 aliphatic carbocycles. The molecule has 0 unspecified atom stereocenters. The number of sulfonamides is 1. The lowest BCUT2D eigenvalue weighted by molar-refractivity contribution is 0.0996. The van der Waals surface area contributed by atoms with Gasteiger partial charge in [0.2, 0.25) is 0 Å². The monoisotopic (exact) mass is 495 g/mol. The summed E-state index contributed by atoms with van der Waals surface area (Å²) in [6.07, 6.45) is 1.39. The summed E-state index contributed by atoms with van der Waals surface area (Å²) in [7, 11) is -2.29. The van der Waals surface area contributed by atoms with E-state index in [0.29, 0.717) is 22.6 Å². The minimum atomic E-state index is -3.82. The van der Waals surface area contributed by atoms with Gasteiger partial charge in [-0.15, -0.1) is 0 Å². The van der Waals surface area contributed by atoms with Crippen LogP contribution in [0.5, 0.6) is 11.5 Å². The first-order valence-corrected chi connectivity index (χ1v) is 12.3. The van der Waals surface area contributed by atoms with Crippen LogP contribution in [0.1, 0.15) is 47.8 Å². The van der Waals surface area contributed by atoms with Crippen molar-refractivity contribution in [3.63, 3.8) is 0 Å². The Balaban J connectivity index is 1.73. The highest BCUT2D eigenvalue weighted by atomic mass is 32.2. The molecule has 0 aromatic heterocycles. The Morgan fingerprint density at radius 3 is 2.34 bits per heavy atom. The topological polar surface area (TPSA) is 120 Å². The number of hydrogen-bond acceptors (Lipinski definition) is 6. The van der Waals surface area contributed by atoms with Crippen LogP contribution >= 0.6 is 0 Å². The van der Waals surface area contributed by atoms with Gasteiger partial charge in [0.05, 0.1) is 23.8 Å². The highest BCUT2D eigenvalue weighted by molar-refractivity contribution is 7.89. The van der Waals surface area contributed by atoms with E-state index in [1.165, 1.54) is 13.3 Å². The van der Waals surface area contributed by atoms with E-state index in [2.05, 4.69) is 30.7 Å². The number of nitrogens with one attached hydrogen (secondary N) is 1. The number of hydrogen-bond donors (Lipinski definition) is 2. The van der Waals surface area contributed by atoms with Gasteiger partial charge in [0.25, 0.3) is 15.9 Å². The number of amides is 1. The Morgan fingerprint density at radius 1 is 1.03 bits per heavy atom. The van der Waals surface area contributed by atoms with Gasteiger partial charge in [-0.2, -0.15) is 13.5 Å². The molecule has 35 heavy (non-hydrogen) atoms. The lowest BCUT2D eigenvalue weighted by atomic mass is 9.87. The Bertz CT molecular complexity index is 1330. The molecule has 1 amide bonds. The number of ether oxygens (including phenoxy) is 2. The van der Waals surface area contributed by atoms with Crippen molar-refractivity contribution in [1.29, 1.82) is 0 Å². The number of hydrazone groups is 1. The van der Waals surface area contributed by atoms with Crippen molar-refractivity contribution in [3.8, 4) is 11.5 Å². The van der Waals surface area contributed by atoms with Crippen LogP contribution in [0.15, 0.2) is 76.7 Å². The molecular weight excluding hydrogens is 466 g/mol. The molecule has 0 spiro atoms. The van der Waals surface area contributed by atoms with E-state index in [-0.39, 0.29) is 22.5 Å². The smallest absolute Gasteiger partial charge is 0.276 e. The van der Waals surface area contributed by atoms with Gasteiger partial charge in [-0.25, -0.2) is 4.83 Å². The summed E-state index contributed by atoms with van der Waals surface area (Å²) in [5.74, 6) is 0.332. The first-order valence-electron chi connectivity index (χ1n) is 10.9. The molecular formula is C26H29N3O5S. The molecule has 0 aliphatic heterocycles. The van der Waals surface area contributed by atoms with E-state index in [4.69, 9.17) is 15.2 Å². The van der Waals surface area contributed by atoms with Gasteiger partial charge < -0.3 is 15.2 Å². The second-order valence-corrected chi connectivity index (χ2v) is 10.5. The van der Waals surface area contributed by atoms with Crippen molar-refractivity contribution in [2.24, 2.45) is 10.8 Å². The summed E-state index contributed by atoms with van der Waals surface area (Å²) in [5.41, 5.74) is 7.93. The molecule has 0 atom stereocenters. The zero-order valence-corrected chi connectivity index (χ0v) is 20.9. The van der Waals surface area contributed by atoms with Crippen LogP contribution in [0, 0.1) is 0 Å². The lowest BCUT2D eigenvalue weighted by Crippen LogP contribution is -2.19. The zero-order valence-electron chi connectivity index (χ0n) is 20.1. The number of benzene rings is 3. The summed E-state index contributed by atoms with van der Waals surface area (Å²) in [6.45, 7) is 6.28. The van der Waals surface area contributed by atoms with Gasteiger partial charge in [0.1, 0.15) is 18.1 Å². The molecule has 184 valence electrons. The van der Waals surface area contributed by atoms with Crippen LogP contribution < -0.4 is 20.0 Å². The average Bonchev–Trinajstić information content (AvgIpc) is 2.82.